The minimum Gasteiger partial charge on any atom is -0.390 e. The van der Waals surface area contributed by atoms with Gasteiger partial charge in [-0.05, 0) is 65.3 Å². The van der Waals surface area contributed by atoms with Gasteiger partial charge < -0.3 is 19.6 Å². The fraction of sp³-hybridized carbons (Fsp3) is 0.125. The molecule has 33 heavy (non-hydrogen) atoms. The SMILES string of the molecule is Cc1cn(-c2ccc(Nc3cccc4c3nc(-c3ccc(F)c(Br)c3)n4C)nc2CO)cn1. The number of benzene rings is 2. The van der Waals surface area contributed by atoms with E-state index in [1.165, 1.54) is 6.07 Å². The van der Waals surface area contributed by atoms with Crippen LogP contribution in [0.3, 0.4) is 0 Å². The summed E-state index contributed by atoms with van der Waals surface area (Å²) in [6.07, 6.45) is 3.58. The van der Waals surface area contributed by atoms with Crippen molar-refractivity contribution in [3.8, 4) is 17.1 Å². The standard InChI is InChI=1S/C24H20BrFN6O/c1-14-11-32(13-27-14)20-8-9-22(29-19(20)12-33)28-18-4-3-5-21-23(18)30-24(31(21)2)15-6-7-17(26)16(25)10-15/h3-11,13,33H,12H2,1-2H3,(H,28,29). The molecule has 0 atom stereocenters. The van der Waals surface area contributed by atoms with Crippen LogP contribution in [0.15, 0.2) is 65.5 Å². The van der Waals surface area contributed by atoms with E-state index < -0.39 is 0 Å². The van der Waals surface area contributed by atoms with Crippen LogP contribution in [0.4, 0.5) is 15.9 Å². The second-order valence-electron chi connectivity index (χ2n) is 7.66. The molecule has 0 aliphatic heterocycles. The lowest BCUT2D eigenvalue weighted by Gasteiger charge is -2.11. The third-order valence-corrected chi connectivity index (χ3v) is 6.05. The van der Waals surface area contributed by atoms with E-state index in [0.717, 1.165) is 39.5 Å². The minimum absolute atomic E-state index is 0.209. The smallest absolute Gasteiger partial charge is 0.140 e. The van der Waals surface area contributed by atoms with Gasteiger partial charge in [0.2, 0.25) is 0 Å². The number of halogens is 2. The normalized spacial score (nSPS) is 11.3. The van der Waals surface area contributed by atoms with Crippen molar-refractivity contribution in [1.82, 2.24) is 24.1 Å². The molecular formula is C24H20BrFN6O. The van der Waals surface area contributed by atoms with E-state index in [4.69, 9.17) is 4.98 Å². The van der Waals surface area contributed by atoms with Crippen molar-refractivity contribution in [2.75, 3.05) is 5.32 Å². The summed E-state index contributed by atoms with van der Waals surface area (Å²) in [6.45, 7) is 1.70. The highest BCUT2D eigenvalue weighted by molar-refractivity contribution is 9.10. The zero-order chi connectivity index (χ0) is 23.1. The molecule has 0 unspecified atom stereocenters. The van der Waals surface area contributed by atoms with E-state index in [1.54, 1.807) is 18.5 Å². The van der Waals surface area contributed by atoms with Crippen LogP contribution < -0.4 is 5.32 Å². The number of nitrogens with one attached hydrogen (secondary N) is 1. The summed E-state index contributed by atoms with van der Waals surface area (Å²) < 4.78 is 17.9. The molecule has 2 aromatic carbocycles. The maximum Gasteiger partial charge on any atom is 0.140 e. The number of rotatable bonds is 5. The monoisotopic (exact) mass is 506 g/mol. The lowest BCUT2D eigenvalue weighted by Crippen LogP contribution is -2.03. The predicted octanol–water partition coefficient (Wildman–Crippen LogP) is 5.27. The molecule has 5 rings (SSSR count). The van der Waals surface area contributed by atoms with Gasteiger partial charge in [0.15, 0.2) is 0 Å². The third kappa shape index (κ3) is 3.90. The molecule has 3 aromatic heterocycles. The summed E-state index contributed by atoms with van der Waals surface area (Å²) in [6, 6.07) is 14.4. The number of anilines is 2. The first-order valence-electron chi connectivity index (χ1n) is 10.2. The highest BCUT2D eigenvalue weighted by atomic mass is 79.9. The van der Waals surface area contributed by atoms with Crippen molar-refractivity contribution in [2.24, 2.45) is 7.05 Å². The van der Waals surface area contributed by atoms with Crippen LogP contribution in [-0.4, -0.2) is 29.2 Å². The average Bonchev–Trinajstić information content (AvgIpc) is 3.39. The molecule has 0 bridgehead atoms. The Balaban J connectivity index is 1.54. The Hall–Kier alpha value is -3.56. The van der Waals surface area contributed by atoms with E-state index in [9.17, 15) is 9.50 Å². The maximum absolute atomic E-state index is 13.7. The van der Waals surface area contributed by atoms with Gasteiger partial charge in [0.1, 0.15) is 23.0 Å². The minimum atomic E-state index is -0.320. The second-order valence-corrected chi connectivity index (χ2v) is 8.52. The molecule has 0 amide bonds. The van der Waals surface area contributed by atoms with Crippen LogP contribution in [0, 0.1) is 12.7 Å². The third-order valence-electron chi connectivity index (χ3n) is 5.44. The average molecular weight is 507 g/mol. The van der Waals surface area contributed by atoms with Gasteiger partial charge in [-0.15, -0.1) is 0 Å². The maximum atomic E-state index is 13.7. The number of pyridine rings is 1. The van der Waals surface area contributed by atoms with E-state index in [2.05, 4.69) is 31.2 Å². The van der Waals surface area contributed by atoms with Gasteiger partial charge in [-0.1, -0.05) is 6.07 Å². The van der Waals surface area contributed by atoms with Crippen LogP contribution in [0.2, 0.25) is 0 Å². The van der Waals surface area contributed by atoms with Gasteiger partial charge in [-0.25, -0.2) is 19.3 Å². The van der Waals surface area contributed by atoms with Crippen molar-refractivity contribution < 1.29 is 9.50 Å². The number of hydrogen-bond acceptors (Lipinski definition) is 5. The van der Waals surface area contributed by atoms with Crippen molar-refractivity contribution in [2.45, 2.75) is 13.5 Å². The summed E-state index contributed by atoms with van der Waals surface area (Å²) in [5.74, 6) is 0.985. The Labute approximate surface area is 197 Å². The van der Waals surface area contributed by atoms with Gasteiger partial charge in [0, 0.05) is 18.8 Å². The number of imidazole rings is 2. The number of hydrogen-bond donors (Lipinski definition) is 2. The van der Waals surface area contributed by atoms with Crippen molar-refractivity contribution in [1.29, 1.82) is 0 Å². The Morgan fingerprint density at radius 2 is 1.97 bits per heavy atom. The molecule has 5 aromatic rings. The number of aryl methyl sites for hydroxylation is 2. The Morgan fingerprint density at radius 1 is 1.12 bits per heavy atom. The van der Waals surface area contributed by atoms with Crippen LogP contribution >= 0.6 is 15.9 Å². The summed E-state index contributed by atoms with van der Waals surface area (Å²) in [5.41, 5.74) is 5.44. The fourth-order valence-corrected chi connectivity index (χ4v) is 4.19. The van der Waals surface area contributed by atoms with E-state index in [0.29, 0.717) is 16.0 Å². The molecule has 0 aliphatic rings. The highest BCUT2D eigenvalue weighted by Crippen LogP contribution is 2.31. The van der Waals surface area contributed by atoms with Crippen LogP contribution in [0.1, 0.15) is 11.4 Å². The van der Waals surface area contributed by atoms with Crippen LogP contribution in [-0.2, 0) is 13.7 Å². The van der Waals surface area contributed by atoms with Gasteiger partial charge in [0.05, 0.1) is 45.7 Å². The molecular weight excluding hydrogens is 487 g/mol. The van der Waals surface area contributed by atoms with E-state index in [-0.39, 0.29) is 12.4 Å². The summed E-state index contributed by atoms with van der Waals surface area (Å²) >= 11 is 3.25. The number of aliphatic hydroxyl groups excluding tert-OH is 1. The second kappa shape index (κ2) is 8.42. The van der Waals surface area contributed by atoms with Crippen LogP contribution in [0.5, 0.6) is 0 Å². The topological polar surface area (TPSA) is 80.8 Å². The molecule has 2 N–H and O–H groups in total. The molecule has 7 nitrogen and oxygen atoms in total. The predicted molar refractivity (Wildman–Crippen MR) is 129 cm³/mol. The summed E-state index contributed by atoms with van der Waals surface area (Å²) in [7, 11) is 1.93. The first kappa shape index (κ1) is 21.3. The first-order chi connectivity index (χ1) is 15.9. The van der Waals surface area contributed by atoms with Crippen LogP contribution in [0.25, 0.3) is 28.1 Å². The van der Waals surface area contributed by atoms with Gasteiger partial charge in [0.25, 0.3) is 0 Å². The first-order valence-corrected chi connectivity index (χ1v) is 11.0. The lowest BCUT2D eigenvalue weighted by atomic mass is 10.2. The van der Waals surface area contributed by atoms with Crippen molar-refractivity contribution >= 4 is 38.5 Å². The van der Waals surface area contributed by atoms with E-state index >= 15 is 0 Å². The lowest BCUT2D eigenvalue weighted by molar-refractivity contribution is 0.276. The molecule has 3 heterocycles. The number of aliphatic hydroxyl groups is 1. The molecule has 0 saturated carbocycles. The van der Waals surface area contributed by atoms with Gasteiger partial charge in [-0.2, -0.15) is 0 Å². The Kier molecular flexibility index (Phi) is 5.43. The molecule has 0 fully saturated rings. The molecule has 0 saturated heterocycles. The number of fused-ring (bicyclic) bond motifs is 1. The fourth-order valence-electron chi connectivity index (χ4n) is 3.81. The van der Waals surface area contributed by atoms with E-state index in [1.807, 2.05) is 59.6 Å². The van der Waals surface area contributed by atoms with Gasteiger partial charge >= 0.3 is 0 Å². The summed E-state index contributed by atoms with van der Waals surface area (Å²) in [5, 5.41) is 13.2. The number of para-hydroxylation sites is 1. The largest absolute Gasteiger partial charge is 0.390 e. The number of nitrogens with zero attached hydrogens (tertiary/aromatic N) is 5. The molecule has 9 heteroatoms. The zero-order valence-electron chi connectivity index (χ0n) is 17.9. The Morgan fingerprint density at radius 3 is 2.70 bits per heavy atom. The molecule has 0 aliphatic carbocycles. The Bertz CT molecular complexity index is 1490. The summed E-state index contributed by atoms with van der Waals surface area (Å²) in [4.78, 5) is 13.7. The quantitative estimate of drug-likeness (QED) is 0.339. The number of aromatic nitrogens is 5. The zero-order valence-corrected chi connectivity index (χ0v) is 19.5. The molecule has 166 valence electrons. The van der Waals surface area contributed by atoms with Crippen molar-refractivity contribution in [3.63, 3.8) is 0 Å². The highest BCUT2D eigenvalue weighted by Gasteiger charge is 2.15. The molecule has 0 spiro atoms. The molecule has 0 radical (unpaired) electrons. The van der Waals surface area contributed by atoms with Gasteiger partial charge in [-0.3, -0.25) is 0 Å². The van der Waals surface area contributed by atoms with Crippen molar-refractivity contribution in [3.05, 3.63) is 82.7 Å².